The van der Waals surface area contributed by atoms with Crippen LogP contribution >= 0.6 is 11.8 Å². The SMILES string of the molecule is [C-]#[N+]C([N+]#[C-])=C1Cc2cc3c(cc2=C1c1c(F)c(F)c(C)c(F)c1F)CC(=C(C#N)C#N)C=3c1c(F)c(F)c(SC(F)(F)F)c(F)c1F. The van der Waals surface area contributed by atoms with E-state index in [4.69, 9.17) is 13.1 Å². The van der Waals surface area contributed by atoms with Crippen molar-refractivity contribution in [2.45, 2.75) is 30.2 Å². The van der Waals surface area contributed by atoms with Gasteiger partial charge in [-0.1, -0.05) is 0 Å². The molecule has 0 radical (unpaired) electrons. The Labute approximate surface area is 266 Å². The average molecular weight is 690 g/mol. The molecule has 0 bridgehead atoms. The first-order valence-electron chi connectivity index (χ1n) is 12.9. The van der Waals surface area contributed by atoms with Crippen molar-refractivity contribution < 1.29 is 48.3 Å². The minimum Gasteiger partial charge on any atom is -0.203 e. The van der Waals surface area contributed by atoms with Crippen LogP contribution in [0.25, 0.3) is 20.8 Å². The van der Waals surface area contributed by atoms with Gasteiger partial charge in [0, 0.05) is 17.6 Å². The predicted octanol–water partition coefficient (Wildman–Crippen LogP) is 7.62. The number of hydrogen-bond acceptors (Lipinski definition) is 3. The van der Waals surface area contributed by atoms with E-state index in [-0.39, 0.29) is 21.6 Å². The van der Waals surface area contributed by atoms with Crippen LogP contribution in [0.3, 0.4) is 0 Å². The Morgan fingerprint density at radius 3 is 1.48 bits per heavy atom. The number of halogens is 11. The van der Waals surface area contributed by atoms with Crippen molar-refractivity contribution in [2.75, 3.05) is 0 Å². The van der Waals surface area contributed by atoms with Crippen molar-refractivity contribution >= 4 is 22.9 Å². The van der Waals surface area contributed by atoms with Gasteiger partial charge in [-0.15, -0.1) is 0 Å². The van der Waals surface area contributed by atoms with E-state index in [1.165, 1.54) is 12.1 Å². The number of thioether (sulfide) groups is 1. The molecule has 0 amide bonds. The Balaban J connectivity index is 1.99. The van der Waals surface area contributed by atoms with Crippen LogP contribution in [0.4, 0.5) is 48.3 Å². The molecule has 48 heavy (non-hydrogen) atoms. The Morgan fingerprint density at radius 1 is 0.688 bits per heavy atom. The van der Waals surface area contributed by atoms with Gasteiger partial charge < -0.3 is 0 Å². The fourth-order valence-electron chi connectivity index (χ4n) is 5.62. The first-order chi connectivity index (χ1) is 22.5. The first kappa shape index (κ1) is 33.8. The summed E-state index contributed by atoms with van der Waals surface area (Å²) in [4.78, 5) is 3.98. The minimum absolute atomic E-state index is 0.0936. The summed E-state index contributed by atoms with van der Waals surface area (Å²) in [5.74, 6) is -17.6. The van der Waals surface area contributed by atoms with E-state index in [1.807, 2.05) is 0 Å². The number of alkyl halides is 3. The van der Waals surface area contributed by atoms with Crippen molar-refractivity contribution in [1.29, 1.82) is 10.5 Å². The topological polar surface area (TPSA) is 56.3 Å². The van der Waals surface area contributed by atoms with E-state index in [1.54, 1.807) is 0 Å². The lowest BCUT2D eigenvalue weighted by Crippen LogP contribution is -2.19. The molecule has 0 heterocycles. The van der Waals surface area contributed by atoms with Crippen LogP contribution in [0.1, 0.15) is 27.8 Å². The van der Waals surface area contributed by atoms with Crippen molar-refractivity contribution in [3.63, 3.8) is 0 Å². The molecule has 0 N–H and O–H groups in total. The molecule has 0 unspecified atom stereocenters. The third-order valence-corrected chi connectivity index (χ3v) is 8.43. The monoisotopic (exact) mass is 690 g/mol. The first-order valence-corrected chi connectivity index (χ1v) is 13.7. The molecule has 2 aliphatic rings. The van der Waals surface area contributed by atoms with Crippen molar-refractivity contribution in [3.8, 4) is 12.1 Å². The summed E-state index contributed by atoms with van der Waals surface area (Å²) in [7, 11) is 0. The molecule has 2 aliphatic carbocycles. The summed E-state index contributed by atoms with van der Waals surface area (Å²) < 4.78 is 160. The predicted molar refractivity (Wildman–Crippen MR) is 146 cm³/mol. The van der Waals surface area contributed by atoms with E-state index in [0.29, 0.717) is 0 Å². The highest BCUT2D eigenvalue weighted by atomic mass is 32.2. The van der Waals surface area contributed by atoms with E-state index in [0.717, 1.165) is 19.1 Å². The molecule has 3 aromatic rings. The molecular weight excluding hydrogens is 681 g/mol. The van der Waals surface area contributed by atoms with E-state index in [9.17, 15) is 41.3 Å². The van der Waals surface area contributed by atoms with Gasteiger partial charge in [-0.3, -0.25) is 0 Å². The number of nitriles is 2. The second-order valence-electron chi connectivity index (χ2n) is 10.1. The van der Waals surface area contributed by atoms with E-state index >= 15 is 17.6 Å². The molecule has 0 atom stereocenters. The van der Waals surface area contributed by atoms with Gasteiger partial charge in [-0.05, 0) is 69.9 Å². The zero-order chi connectivity index (χ0) is 35.6. The van der Waals surface area contributed by atoms with Gasteiger partial charge >= 0.3 is 11.3 Å². The van der Waals surface area contributed by atoms with Gasteiger partial charge in [0.15, 0.2) is 46.5 Å². The van der Waals surface area contributed by atoms with Crippen LogP contribution in [0, 0.1) is 89.3 Å². The minimum atomic E-state index is -5.37. The average Bonchev–Trinajstić information content (AvgIpc) is 3.58. The van der Waals surface area contributed by atoms with Crippen molar-refractivity contribution in [2.24, 2.45) is 0 Å². The molecule has 0 saturated carbocycles. The van der Waals surface area contributed by atoms with Crippen LogP contribution in [0.15, 0.2) is 39.6 Å². The number of fused-ring (bicyclic) bond motifs is 2. The van der Waals surface area contributed by atoms with Crippen LogP contribution in [-0.4, -0.2) is 5.51 Å². The van der Waals surface area contributed by atoms with Gasteiger partial charge in [0.25, 0.3) is 0 Å². The maximum Gasteiger partial charge on any atom is 0.523 e. The highest BCUT2D eigenvalue weighted by Gasteiger charge is 2.39. The van der Waals surface area contributed by atoms with Crippen LogP contribution in [0.5, 0.6) is 0 Å². The molecule has 3 aromatic carbocycles. The Kier molecular flexibility index (Phi) is 8.37. The van der Waals surface area contributed by atoms with Gasteiger partial charge in [-0.25, -0.2) is 35.1 Å². The number of allylic oxidation sites excluding steroid dienone is 3. The third kappa shape index (κ3) is 5.06. The molecule has 16 heteroatoms. The van der Waals surface area contributed by atoms with Crippen molar-refractivity contribution in [3.05, 3.63) is 142 Å². The number of nitrogens with zero attached hydrogens (tertiary/aromatic N) is 4. The van der Waals surface area contributed by atoms with Crippen LogP contribution in [0.2, 0.25) is 0 Å². The molecule has 4 nitrogen and oxygen atoms in total. The highest BCUT2D eigenvalue weighted by molar-refractivity contribution is 8.00. The smallest absolute Gasteiger partial charge is 0.203 e. The summed E-state index contributed by atoms with van der Waals surface area (Å²) in [6.45, 7) is 15.5. The molecular formula is C32H9F11N4S. The Morgan fingerprint density at radius 2 is 1.08 bits per heavy atom. The Hall–Kier alpha value is -5.58. The number of rotatable bonds is 3. The van der Waals surface area contributed by atoms with Crippen LogP contribution < -0.4 is 10.4 Å². The van der Waals surface area contributed by atoms with Crippen molar-refractivity contribution in [1.82, 2.24) is 0 Å². The molecule has 0 fully saturated rings. The summed E-state index contributed by atoms with van der Waals surface area (Å²) >= 11 is -1.46. The summed E-state index contributed by atoms with van der Waals surface area (Å²) in [5, 5.41) is 18.6. The molecule has 5 rings (SSSR count). The zero-order valence-electron chi connectivity index (χ0n) is 23.4. The maximum absolute atomic E-state index is 15.5. The lowest BCUT2D eigenvalue weighted by Gasteiger charge is -2.15. The number of benzene rings is 3. The summed E-state index contributed by atoms with van der Waals surface area (Å²) in [6, 6.07) is 4.99. The molecule has 0 spiro atoms. The summed E-state index contributed by atoms with van der Waals surface area (Å²) in [5.41, 5.74) is -12.7. The molecule has 240 valence electrons. The highest BCUT2D eigenvalue weighted by Crippen LogP contribution is 2.44. The van der Waals surface area contributed by atoms with Gasteiger partial charge in [0.05, 0.1) is 21.6 Å². The standard InChI is InChI=1S/C32H9F11N4S/c1-10-22(33)24(35)21(25(36)23(10)34)19-15-4-11-6-16(13(8-44)9-45)18(14(11)5-12(15)7-17(19)31(46-2)47-3)20-26(37)28(39)30(29(40)27(20)38)48-32(41,42)43/h4-5H,6-7H2,1H3. The zero-order valence-corrected chi connectivity index (χ0v) is 24.2. The van der Waals surface area contributed by atoms with Crippen LogP contribution in [-0.2, 0) is 12.8 Å². The largest absolute Gasteiger partial charge is 0.523 e. The molecule has 0 saturated heterocycles. The third-order valence-electron chi connectivity index (χ3n) is 7.64. The second-order valence-corrected chi connectivity index (χ2v) is 11.2. The summed E-state index contributed by atoms with van der Waals surface area (Å²) in [6.07, 6.45) is -1.18. The molecule has 0 aromatic heterocycles. The van der Waals surface area contributed by atoms with Gasteiger partial charge in [-0.2, -0.15) is 33.4 Å². The quantitative estimate of drug-likeness (QED) is 0.0935. The number of hydrogen-bond donors (Lipinski definition) is 0. The van der Waals surface area contributed by atoms with Gasteiger partial charge in [0.2, 0.25) is 0 Å². The second kappa shape index (κ2) is 11.9. The van der Waals surface area contributed by atoms with E-state index in [2.05, 4.69) is 9.69 Å². The normalized spacial score (nSPS) is 13.5. The fourth-order valence-corrected chi connectivity index (χ4v) is 6.21. The van der Waals surface area contributed by atoms with Gasteiger partial charge in [0.1, 0.15) is 30.9 Å². The van der Waals surface area contributed by atoms with E-state index < -0.39 is 132 Å². The maximum atomic E-state index is 15.5. The molecule has 0 aliphatic heterocycles. The fraction of sp³-hybridized carbons (Fsp3) is 0.125. The lowest BCUT2D eigenvalue weighted by atomic mass is 9.94. The lowest BCUT2D eigenvalue weighted by molar-refractivity contribution is -0.0331. The Bertz CT molecular complexity index is 2310.